The molecule has 2 aromatic heterocycles. The molecule has 3 aromatic rings. The first-order chi connectivity index (χ1) is 9.91. The van der Waals surface area contributed by atoms with Gasteiger partial charge in [-0.25, -0.2) is 4.98 Å². The fourth-order valence-electron chi connectivity index (χ4n) is 1.77. The second-order valence-corrected chi connectivity index (χ2v) is 5.37. The molecule has 0 fully saturated rings. The van der Waals surface area contributed by atoms with E-state index in [9.17, 15) is 13.2 Å². The van der Waals surface area contributed by atoms with Crippen LogP contribution in [0.3, 0.4) is 0 Å². The molecule has 0 saturated heterocycles. The van der Waals surface area contributed by atoms with Gasteiger partial charge in [0, 0.05) is 0 Å². The maximum absolute atomic E-state index is 12.8. The molecular formula is C12H4ClF3N4S. The molecule has 0 N–H and O–H groups in total. The zero-order valence-electron chi connectivity index (χ0n) is 10.0. The van der Waals surface area contributed by atoms with E-state index in [4.69, 9.17) is 16.9 Å². The monoisotopic (exact) mass is 328 g/mol. The maximum atomic E-state index is 12.8. The van der Waals surface area contributed by atoms with E-state index in [2.05, 4.69) is 10.1 Å². The normalized spacial score (nSPS) is 11.8. The summed E-state index contributed by atoms with van der Waals surface area (Å²) in [6, 6.07) is 8.49. The zero-order valence-corrected chi connectivity index (χ0v) is 11.6. The van der Waals surface area contributed by atoms with Crippen LogP contribution >= 0.6 is 22.9 Å². The fourth-order valence-corrected chi connectivity index (χ4v) is 3.00. The number of fused-ring (bicyclic) bond motifs is 1. The minimum absolute atomic E-state index is 0.174. The molecule has 106 valence electrons. The largest absolute Gasteiger partial charge is 0.436 e. The number of benzene rings is 1. The van der Waals surface area contributed by atoms with Crippen LogP contribution in [0, 0.1) is 11.3 Å². The van der Waals surface area contributed by atoms with Crippen LogP contribution in [0.25, 0.3) is 15.3 Å². The van der Waals surface area contributed by atoms with E-state index in [0.717, 1.165) is 20.7 Å². The van der Waals surface area contributed by atoms with Gasteiger partial charge in [0.25, 0.3) is 0 Å². The van der Waals surface area contributed by atoms with Crippen LogP contribution in [0.2, 0.25) is 5.15 Å². The molecule has 0 atom stereocenters. The van der Waals surface area contributed by atoms with E-state index < -0.39 is 22.6 Å². The predicted molar refractivity (Wildman–Crippen MR) is 71.5 cm³/mol. The number of hydrogen-bond donors (Lipinski definition) is 0. The van der Waals surface area contributed by atoms with Crippen molar-refractivity contribution in [2.45, 2.75) is 6.18 Å². The van der Waals surface area contributed by atoms with Crippen LogP contribution in [-0.2, 0) is 6.18 Å². The van der Waals surface area contributed by atoms with Gasteiger partial charge in [-0.3, -0.25) is 0 Å². The van der Waals surface area contributed by atoms with Gasteiger partial charge in [-0.1, -0.05) is 35.1 Å². The van der Waals surface area contributed by atoms with Crippen molar-refractivity contribution in [1.29, 1.82) is 5.26 Å². The number of aromatic nitrogens is 3. The highest BCUT2D eigenvalue weighted by molar-refractivity contribution is 7.20. The average Bonchev–Trinajstić information content (AvgIpc) is 2.98. The molecule has 0 bridgehead atoms. The standard InChI is InChI=1S/C12H4ClF3N4S/c13-10-6(5-17)9(12(14,15)16)19-20(10)11-18-7-3-1-2-4-8(7)21-11/h1-4H. The highest BCUT2D eigenvalue weighted by Crippen LogP contribution is 2.36. The third kappa shape index (κ3) is 2.24. The molecule has 0 saturated carbocycles. The van der Waals surface area contributed by atoms with Crippen LogP contribution in [-0.4, -0.2) is 14.8 Å². The smallest absolute Gasteiger partial charge is 0.218 e. The molecule has 9 heteroatoms. The maximum Gasteiger partial charge on any atom is 0.436 e. The molecule has 0 unspecified atom stereocenters. The summed E-state index contributed by atoms with van der Waals surface area (Å²) in [5, 5.41) is 12.0. The minimum atomic E-state index is -4.75. The number of nitrogens with zero attached hydrogens (tertiary/aromatic N) is 4. The van der Waals surface area contributed by atoms with Crippen molar-refractivity contribution < 1.29 is 13.2 Å². The van der Waals surface area contributed by atoms with Crippen molar-refractivity contribution in [3.05, 3.63) is 40.7 Å². The molecule has 0 amide bonds. The first kappa shape index (κ1) is 13.9. The van der Waals surface area contributed by atoms with Gasteiger partial charge in [0.2, 0.25) is 5.13 Å². The number of alkyl halides is 3. The lowest BCUT2D eigenvalue weighted by Gasteiger charge is -2.00. The van der Waals surface area contributed by atoms with Gasteiger partial charge in [0.05, 0.1) is 10.2 Å². The third-order valence-electron chi connectivity index (χ3n) is 2.67. The van der Waals surface area contributed by atoms with Crippen LogP contribution < -0.4 is 0 Å². The van der Waals surface area contributed by atoms with Crippen LogP contribution in [0.15, 0.2) is 24.3 Å². The van der Waals surface area contributed by atoms with Gasteiger partial charge < -0.3 is 0 Å². The predicted octanol–water partition coefficient (Wildman–Crippen LogP) is 4.03. The van der Waals surface area contributed by atoms with Crippen molar-refractivity contribution in [2.24, 2.45) is 0 Å². The topological polar surface area (TPSA) is 54.5 Å². The van der Waals surface area contributed by atoms with Crippen molar-refractivity contribution in [3.8, 4) is 11.2 Å². The molecular weight excluding hydrogens is 325 g/mol. The molecule has 21 heavy (non-hydrogen) atoms. The van der Waals surface area contributed by atoms with Crippen molar-refractivity contribution in [2.75, 3.05) is 0 Å². The van der Waals surface area contributed by atoms with Crippen LogP contribution in [0.5, 0.6) is 0 Å². The lowest BCUT2D eigenvalue weighted by molar-refractivity contribution is -0.141. The SMILES string of the molecule is N#Cc1c(C(F)(F)F)nn(-c2nc3ccccc3s2)c1Cl. The Balaban J connectivity index is 2.23. The summed E-state index contributed by atoms with van der Waals surface area (Å²) in [4.78, 5) is 4.17. The van der Waals surface area contributed by atoms with Gasteiger partial charge >= 0.3 is 6.18 Å². The summed E-state index contributed by atoms with van der Waals surface area (Å²) in [6.07, 6.45) is -4.75. The fraction of sp³-hybridized carbons (Fsp3) is 0.0833. The Morgan fingerprint density at radius 3 is 2.57 bits per heavy atom. The Morgan fingerprint density at radius 2 is 2.00 bits per heavy atom. The lowest BCUT2D eigenvalue weighted by Crippen LogP contribution is -2.08. The number of hydrogen-bond acceptors (Lipinski definition) is 4. The molecule has 0 spiro atoms. The van der Waals surface area contributed by atoms with Crippen molar-refractivity contribution in [1.82, 2.24) is 14.8 Å². The summed E-state index contributed by atoms with van der Waals surface area (Å²) in [5.74, 6) is 0. The molecule has 0 radical (unpaired) electrons. The highest BCUT2D eigenvalue weighted by Gasteiger charge is 2.39. The van der Waals surface area contributed by atoms with Gasteiger partial charge in [-0.05, 0) is 12.1 Å². The summed E-state index contributed by atoms with van der Waals surface area (Å²) in [5.41, 5.74) is -1.39. The average molecular weight is 329 g/mol. The summed E-state index contributed by atoms with van der Waals surface area (Å²) >= 11 is 6.98. The molecule has 3 rings (SSSR count). The number of rotatable bonds is 1. The Morgan fingerprint density at radius 1 is 1.29 bits per heavy atom. The van der Waals surface area contributed by atoms with E-state index in [1.165, 1.54) is 6.07 Å². The van der Waals surface area contributed by atoms with Crippen molar-refractivity contribution in [3.63, 3.8) is 0 Å². The number of halogens is 4. The summed E-state index contributed by atoms with van der Waals surface area (Å²) in [7, 11) is 0. The Bertz CT molecular complexity index is 842. The van der Waals surface area contributed by atoms with Gasteiger partial charge in [0.1, 0.15) is 11.6 Å². The van der Waals surface area contributed by atoms with Crippen molar-refractivity contribution >= 4 is 33.2 Å². The first-order valence-corrected chi connectivity index (χ1v) is 6.73. The zero-order chi connectivity index (χ0) is 15.2. The highest BCUT2D eigenvalue weighted by atomic mass is 35.5. The van der Waals surface area contributed by atoms with Crippen LogP contribution in [0.4, 0.5) is 13.2 Å². The van der Waals surface area contributed by atoms with E-state index in [0.29, 0.717) is 5.52 Å². The van der Waals surface area contributed by atoms with Crippen LogP contribution in [0.1, 0.15) is 11.3 Å². The number of nitriles is 1. The molecule has 0 aliphatic heterocycles. The Kier molecular flexibility index (Phi) is 3.11. The Labute approximate surface area is 125 Å². The summed E-state index contributed by atoms with van der Waals surface area (Å²) < 4.78 is 40.2. The molecule has 2 heterocycles. The van der Waals surface area contributed by atoms with E-state index in [1.54, 1.807) is 24.3 Å². The number of thiazole rings is 1. The quantitative estimate of drug-likeness (QED) is 0.677. The molecule has 4 nitrogen and oxygen atoms in total. The second kappa shape index (κ2) is 4.72. The number of para-hydroxylation sites is 1. The Hall–Kier alpha value is -2.11. The molecule has 1 aromatic carbocycles. The molecule has 0 aliphatic rings. The second-order valence-electron chi connectivity index (χ2n) is 4.00. The minimum Gasteiger partial charge on any atom is -0.218 e. The first-order valence-electron chi connectivity index (χ1n) is 5.53. The lowest BCUT2D eigenvalue weighted by atomic mass is 10.2. The summed E-state index contributed by atoms with van der Waals surface area (Å²) in [6.45, 7) is 0. The van der Waals surface area contributed by atoms with E-state index in [-0.39, 0.29) is 5.13 Å². The van der Waals surface area contributed by atoms with Gasteiger partial charge in [0.15, 0.2) is 10.8 Å². The van der Waals surface area contributed by atoms with Gasteiger partial charge in [-0.2, -0.15) is 28.2 Å². The molecule has 0 aliphatic carbocycles. The third-order valence-corrected chi connectivity index (χ3v) is 4.03. The van der Waals surface area contributed by atoms with E-state index >= 15 is 0 Å². The van der Waals surface area contributed by atoms with Gasteiger partial charge in [-0.15, -0.1) is 0 Å². The van der Waals surface area contributed by atoms with E-state index in [1.807, 2.05) is 0 Å².